The summed E-state index contributed by atoms with van der Waals surface area (Å²) < 4.78 is 32.0. The molecule has 0 aromatic carbocycles. The van der Waals surface area contributed by atoms with Crippen molar-refractivity contribution < 1.29 is 68.8 Å². The maximum atomic E-state index is 11.1. The number of hydrogen-bond donors (Lipinski definition) is 11. The van der Waals surface area contributed by atoms with Crippen LogP contribution in [0.4, 0.5) is 0 Å². The third-order valence-electron chi connectivity index (χ3n) is 4.31. The number of aliphatic hydroxyl groups excluding tert-OH is 6. The van der Waals surface area contributed by atoms with Crippen LogP contribution in [-0.2, 0) is 18.6 Å². The lowest BCUT2D eigenvalue weighted by Crippen LogP contribution is -2.41. The van der Waals surface area contributed by atoms with E-state index in [0.717, 1.165) is 6.34 Å². The maximum Gasteiger partial charge on any atom is 0.356 e. The summed E-state index contributed by atoms with van der Waals surface area (Å²) in [5.74, 6) is -4.84. The predicted octanol–water partition coefficient (Wildman–Crippen LogP) is -5.51. The number of aliphatic hydroxyl groups is 6. The molecule has 0 aliphatic carbocycles. The Morgan fingerprint density at radius 1 is 0.793 bits per heavy atom. The molecule has 16 nitrogen and oxygen atoms in total. The van der Waals surface area contributed by atoms with Crippen LogP contribution in [0, 0.1) is 0 Å². The Kier molecular flexibility index (Phi) is 7.59. The van der Waals surface area contributed by atoms with Gasteiger partial charge in [-0.15, -0.1) is 0 Å². The van der Waals surface area contributed by atoms with Crippen molar-refractivity contribution in [2.75, 3.05) is 0 Å². The number of nitrogens with zero attached hydrogens (tertiary/aromatic N) is 1. The minimum absolute atomic E-state index is 0.750. The van der Waals surface area contributed by atoms with Crippen LogP contribution < -0.4 is 5.32 Å². The molecule has 2 saturated heterocycles. The summed E-state index contributed by atoms with van der Waals surface area (Å²) in [7, 11) is -10.1. The van der Waals surface area contributed by atoms with Crippen molar-refractivity contribution in [3.8, 4) is 0 Å². The molecule has 0 bridgehead atoms. The molecule has 2 rings (SSSR count). The molecule has 2 fully saturated rings. The standard InChI is InChI=1S/C11H22N2O14P2/c14-2-4(16)8(26-6(2)10(18)28(20,21)22)12-1-13-9-5(17)3(15)7(27-9)11(19)29(23,24)25/h1-11,14-19H,(H,12,13)(H2,20,21,22)(H2,23,24,25)/t2-,3-,4+,5+,6-,7-,8?,9?,10?,11?/m0/s1. The monoisotopic (exact) mass is 468 g/mol. The number of aliphatic imine (C=N–C) groups is 1. The quantitative estimate of drug-likeness (QED) is 0.0944. The lowest BCUT2D eigenvalue weighted by Gasteiger charge is -2.21. The summed E-state index contributed by atoms with van der Waals surface area (Å²) in [4.78, 5) is 39.3. The average Bonchev–Trinajstić information content (AvgIpc) is 3.04. The van der Waals surface area contributed by atoms with Crippen molar-refractivity contribution in [2.45, 2.75) is 60.8 Å². The van der Waals surface area contributed by atoms with Crippen LogP contribution in [0.2, 0.25) is 0 Å². The number of rotatable bonds is 7. The van der Waals surface area contributed by atoms with Gasteiger partial charge in [-0.1, -0.05) is 0 Å². The summed E-state index contributed by atoms with van der Waals surface area (Å²) in [6.07, 6.45) is -13.3. The number of hydrogen-bond acceptors (Lipinski definition) is 11. The van der Waals surface area contributed by atoms with E-state index in [0.29, 0.717) is 0 Å². The molecule has 170 valence electrons. The van der Waals surface area contributed by atoms with Crippen LogP contribution in [0.15, 0.2) is 4.99 Å². The Morgan fingerprint density at radius 3 is 1.72 bits per heavy atom. The van der Waals surface area contributed by atoms with E-state index in [9.17, 15) is 39.8 Å². The fourth-order valence-corrected chi connectivity index (χ4v) is 3.97. The van der Waals surface area contributed by atoms with Crippen LogP contribution in [0.5, 0.6) is 0 Å². The van der Waals surface area contributed by atoms with E-state index in [4.69, 9.17) is 29.0 Å². The summed E-state index contributed by atoms with van der Waals surface area (Å²) in [5.41, 5.74) is 0. The van der Waals surface area contributed by atoms with Crippen LogP contribution >= 0.6 is 15.2 Å². The van der Waals surface area contributed by atoms with Gasteiger partial charge in [-0.3, -0.25) is 9.13 Å². The molecular weight excluding hydrogens is 446 g/mol. The minimum Gasteiger partial charge on any atom is -0.387 e. The largest absolute Gasteiger partial charge is 0.387 e. The molecule has 0 amide bonds. The zero-order chi connectivity index (χ0) is 22.3. The first kappa shape index (κ1) is 24.7. The fraction of sp³-hybridized carbons (Fsp3) is 0.909. The van der Waals surface area contributed by atoms with E-state index in [-0.39, 0.29) is 0 Å². The van der Waals surface area contributed by atoms with Crippen molar-refractivity contribution in [1.82, 2.24) is 5.32 Å². The lowest BCUT2D eigenvalue weighted by molar-refractivity contribution is -0.0476. The second kappa shape index (κ2) is 8.90. The van der Waals surface area contributed by atoms with Gasteiger partial charge in [-0.05, 0) is 0 Å². The molecule has 0 spiro atoms. The van der Waals surface area contributed by atoms with Crippen LogP contribution in [0.25, 0.3) is 0 Å². The first-order valence-corrected chi connectivity index (χ1v) is 11.3. The molecule has 0 saturated carbocycles. The van der Waals surface area contributed by atoms with E-state index >= 15 is 0 Å². The average molecular weight is 468 g/mol. The van der Waals surface area contributed by atoms with Crippen molar-refractivity contribution in [1.29, 1.82) is 0 Å². The molecule has 4 unspecified atom stereocenters. The molecule has 11 N–H and O–H groups in total. The van der Waals surface area contributed by atoms with Gasteiger partial charge in [0, 0.05) is 0 Å². The van der Waals surface area contributed by atoms with E-state index < -0.39 is 76.0 Å². The van der Waals surface area contributed by atoms with Gasteiger partial charge in [-0.2, -0.15) is 0 Å². The molecule has 10 atom stereocenters. The predicted molar refractivity (Wildman–Crippen MR) is 89.1 cm³/mol. The zero-order valence-electron chi connectivity index (χ0n) is 14.3. The zero-order valence-corrected chi connectivity index (χ0v) is 16.1. The Labute approximate surface area is 162 Å². The van der Waals surface area contributed by atoms with Crippen molar-refractivity contribution in [3.05, 3.63) is 0 Å². The summed E-state index contributed by atoms with van der Waals surface area (Å²) in [6, 6.07) is 0. The van der Waals surface area contributed by atoms with E-state index in [1.54, 1.807) is 0 Å². The Balaban J connectivity index is 1.99. The number of nitrogens with one attached hydrogen (secondary N) is 1. The highest BCUT2D eigenvalue weighted by Crippen LogP contribution is 2.45. The van der Waals surface area contributed by atoms with Gasteiger partial charge in [0.1, 0.15) is 36.6 Å². The van der Waals surface area contributed by atoms with Gasteiger partial charge in [0.15, 0.2) is 24.1 Å². The van der Waals surface area contributed by atoms with Gasteiger partial charge in [0.2, 0.25) is 0 Å². The molecule has 0 radical (unpaired) electrons. The fourth-order valence-electron chi connectivity index (χ4n) is 2.72. The number of ether oxygens (including phenoxy) is 2. The van der Waals surface area contributed by atoms with Gasteiger partial charge >= 0.3 is 15.2 Å². The second-order valence-electron chi connectivity index (χ2n) is 6.43. The first-order chi connectivity index (χ1) is 13.2. The highest BCUT2D eigenvalue weighted by molar-refractivity contribution is 7.52. The summed E-state index contributed by atoms with van der Waals surface area (Å²) >= 11 is 0. The van der Waals surface area contributed by atoms with Crippen molar-refractivity contribution >= 4 is 21.5 Å². The molecule has 2 aliphatic rings. The Morgan fingerprint density at radius 2 is 1.24 bits per heavy atom. The van der Waals surface area contributed by atoms with Crippen LogP contribution in [-0.4, -0.2) is 117 Å². The van der Waals surface area contributed by atoms with Crippen molar-refractivity contribution in [2.24, 2.45) is 4.99 Å². The molecule has 0 aromatic rings. The van der Waals surface area contributed by atoms with E-state index in [2.05, 4.69) is 10.3 Å². The van der Waals surface area contributed by atoms with Crippen molar-refractivity contribution in [3.63, 3.8) is 0 Å². The second-order valence-corrected chi connectivity index (χ2v) is 9.84. The summed E-state index contributed by atoms with van der Waals surface area (Å²) in [6.45, 7) is 0. The van der Waals surface area contributed by atoms with Gasteiger partial charge in [0.25, 0.3) is 0 Å². The highest BCUT2D eigenvalue weighted by Gasteiger charge is 2.52. The molecule has 0 aromatic heterocycles. The molecule has 18 heteroatoms. The van der Waals surface area contributed by atoms with Crippen LogP contribution in [0.3, 0.4) is 0 Å². The molecular formula is C11H22N2O14P2. The highest BCUT2D eigenvalue weighted by atomic mass is 31.2. The van der Waals surface area contributed by atoms with Crippen LogP contribution in [0.1, 0.15) is 0 Å². The third-order valence-corrected chi connectivity index (χ3v) is 6.28. The normalized spacial score (nSPS) is 41.0. The molecule has 2 heterocycles. The molecule has 29 heavy (non-hydrogen) atoms. The maximum absolute atomic E-state index is 11.1. The lowest BCUT2D eigenvalue weighted by atomic mass is 10.1. The van der Waals surface area contributed by atoms with E-state index in [1.165, 1.54) is 0 Å². The minimum atomic E-state index is -5.06. The Hall–Kier alpha value is -0.550. The van der Waals surface area contributed by atoms with Gasteiger partial charge < -0.3 is 65.0 Å². The third kappa shape index (κ3) is 5.39. The summed E-state index contributed by atoms with van der Waals surface area (Å²) in [5, 5.41) is 60.4. The topological polar surface area (TPSA) is 279 Å². The Bertz CT molecular complexity index is 697. The first-order valence-electron chi connectivity index (χ1n) is 7.93. The van der Waals surface area contributed by atoms with Gasteiger partial charge in [0.05, 0.1) is 6.34 Å². The molecule has 2 aliphatic heterocycles. The van der Waals surface area contributed by atoms with E-state index in [1.807, 2.05) is 0 Å². The SMILES string of the molecule is O=P(O)(O)C(O)[C@H]1OC(N=CNC2O[C@H](C(O)P(=O)(O)O)[C@@H](O)[C@H]2O)[C@H](O)[C@@H]1O. The van der Waals surface area contributed by atoms with Gasteiger partial charge in [-0.25, -0.2) is 4.99 Å². The smallest absolute Gasteiger partial charge is 0.356 e.